The molecule has 20 heavy (non-hydrogen) atoms. The smallest absolute Gasteiger partial charge is 0.296 e. The lowest BCUT2D eigenvalue weighted by molar-refractivity contribution is 0.488. The third kappa shape index (κ3) is 3.16. The summed E-state index contributed by atoms with van der Waals surface area (Å²) < 4.78 is 24.7. The Morgan fingerprint density at radius 1 is 1.30 bits per heavy atom. The summed E-state index contributed by atoms with van der Waals surface area (Å²) in [5.41, 5.74) is 1.67. The summed E-state index contributed by atoms with van der Waals surface area (Å²) in [4.78, 5) is 4.09. The van der Waals surface area contributed by atoms with E-state index >= 15 is 0 Å². The maximum atomic E-state index is 11.6. The number of aromatic nitrogens is 4. The van der Waals surface area contributed by atoms with E-state index in [1.807, 2.05) is 26.8 Å². The molecule has 0 bridgehead atoms. The van der Waals surface area contributed by atoms with Gasteiger partial charge in [-0.25, -0.2) is 8.42 Å². The van der Waals surface area contributed by atoms with Gasteiger partial charge in [-0.3, -0.25) is 9.55 Å². The Balaban J connectivity index is 2.62. The summed E-state index contributed by atoms with van der Waals surface area (Å²) in [6.07, 6.45) is 3.34. The molecule has 0 saturated heterocycles. The molecule has 0 aliphatic heterocycles. The normalized spacial score (nSPS) is 12.1. The molecule has 0 aromatic carbocycles. The zero-order chi connectivity index (χ0) is 14.9. The maximum absolute atomic E-state index is 11.6. The second-order valence-electron chi connectivity index (χ2n) is 5.00. The summed E-state index contributed by atoms with van der Waals surface area (Å²) in [7, 11) is 1.48. The van der Waals surface area contributed by atoms with Gasteiger partial charge in [0.05, 0.1) is 0 Å². The van der Waals surface area contributed by atoms with Crippen molar-refractivity contribution in [3.63, 3.8) is 0 Å². The van der Waals surface area contributed by atoms with Crippen LogP contribution in [0.2, 0.25) is 0 Å². The third-order valence-electron chi connectivity index (χ3n) is 2.62. The highest BCUT2D eigenvalue weighted by Crippen LogP contribution is 2.23. The number of pyridine rings is 1. The van der Waals surface area contributed by atoms with Crippen molar-refractivity contribution in [2.24, 2.45) is 5.92 Å². The number of rotatable bonds is 4. The zero-order valence-electron chi connectivity index (χ0n) is 11.4. The number of nitrogens with zero attached hydrogens (tertiary/aromatic N) is 4. The lowest BCUT2D eigenvalue weighted by atomic mass is 10.2. The molecule has 0 saturated carbocycles. The molecule has 108 valence electrons. The molecule has 0 atom stereocenters. The minimum atomic E-state index is -3.94. The van der Waals surface area contributed by atoms with E-state index in [0.29, 0.717) is 17.9 Å². The van der Waals surface area contributed by atoms with Crippen molar-refractivity contribution in [2.75, 3.05) is 0 Å². The molecule has 2 heterocycles. The predicted octanol–water partition coefficient (Wildman–Crippen LogP) is 2.23. The van der Waals surface area contributed by atoms with Crippen molar-refractivity contribution >= 4 is 19.7 Å². The first-order chi connectivity index (χ1) is 9.29. The Bertz CT molecular complexity index is 725. The Kier molecular flexibility index (Phi) is 4.10. The molecule has 2 aromatic rings. The second-order valence-corrected chi connectivity index (χ2v) is 7.46. The van der Waals surface area contributed by atoms with E-state index in [0.717, 1.165) is 5.56 Å². The highest BCUT2D eigenvalue weighted by molar-refractivity contribution is 8.13. The molecule has 0 radical (unpaired) electrons. The van der Waals surface area contributed by atoms with Crippen LogP contribution in [0.25, 0.3) is 11.4 Å². The highest BCUT2D eigenvalue weighted by Gasteiger charge is 2.24. The van der Waals surface area contributed by atoms with Gasteiger partial charge in [-0.05, 0) is 24.5 Å². The average Bonchev–Trinajstić information content (AvgIpc) is 2.71. The van der Waals surface area contributed by atoms with E-state index in [9.17, 15) is 8.42 Å². The van der Waals surface area contributed by atoms with Gasteiger partial charge in [0.2, 0.25) is 0 Å². The standard InChI is InChI=1S/C12H15ClN4O2S/c1-8(2)7-17-11(10-4-9(3)5-14-6-10)15-16-12(17)20(13,18)19/h4-6,8H,7H2,1-3H3. The number of aryl methyl sites for hydroxylation is 1. The van der Waals surface area contributed by atoms with E-state index in [-0.39, 0.29) is 11.1 Å². The monoisotopic (exact) mass is 314 g/mol. The first-order valence-corrected chi connectivity index (χ1v) is 8.40. The molecule has 0 aliphatic rings. The topological polar surface area (TPSA) is 77.7 Å². The first-order valence-electron chi connectivity index (χ1n) is 6.09. The van der Waals surface area contributed by atoms with Crippen LogP contribution in [0, 0.1) is 12.8 Å². The van der Waals surface area contributed by atoms with E-state index in [1.165, 1.54) is 4.57 Å². The molecule has 6 nitrogen and oxygen atoms in total. The van der Waals surface area contributed by atoms with Crippen molar-refractivity contribution in [2.45, 2.75) is 32.5 Å². The van der Waals surface area contributed by atoms with E-state index in [4.69, 9.17) is 10.7 Å². The van der Waals surface area contributed by atoms with Crippen LogP contribution in [-0.4, -0.2) is 28.2 Å². The van der Waals surface area contributed by atoms with Gasteiger partial charge in [-0.2, -0.15) is 0 Å². The van der Waals surface area contributed by atoms with Crippen molar-refractivity contribution < 1.29 is 8.42 Å². The quantitative estimate of drug-likeness (QED) is 0.809. The molecular formula is C12H15ClN4O2S. The van der Waals surface area contributed by atoms with Crippen LogP contribution < -0.4 is 0 Å². The van der Waals surface area contributed by atoms with Gasteiger partial charge in [0.15, 0.2) is 5.82 Å². The molecule has 0 amide bonds. The maximum Gasteiger partial charge on any atom is 0.296 e. The minimum absolute atomic E-state index is 0.222. The number of hydrogen-bond acceptors (Lipinski definition) is 5. The number of halogens is 1. The lowest BCUT2D eigenvalue weighted by Gasteiger charge is -2.11. The minimum Gasteiger partial charge on any atom is -0.297 e. The van der Waals surface area contributed by atoms with E-state index in [2.05, 4.69) is 15.2 Å². The largest absolute Gasteiger partial charge is 0.297 e. The van der Waals surface area contributed by atoms with Gasteiger partial charge in [0.1, 0.15) is 0 Å². The molecule has 2 rings (SSSR count). The van der Waals surface area contributed by atoms with Gasteiger partial charge in [-0.1, -0.05) is 13.8 Å². The van der Waals surface area contributed by atoms with Crippen LogP contribution in [0.15, 0.2) is 23.6 Å². The molecule has 2 aromatic heterocycles. The summed E-state index contributed by atoms with van der Waals surface area (Å²) in [5.74, 6) is 0.675. The Hall–Kier alpha value is -1.47. The van der Waals surface area contributed by atoms with Crippen LogP contribution in [0.3, 0.4) is 0 Å². The van der Waals surface area contributed by atoms with Crippen LogP contribution >= 0.6 is 10.7 Å². The molecule has 0 N–H and O–H groups in total. The molecular weight excluding hydrogens is 300 g/mol. The zero-order valence-corrected chi connectivity index (χ0v) is 13.0. The third-order valence-corrected chi connectivity index (χ3v) is 3.77. The van der Waals surface area contributed by atoms with Gasteiger partial charge >= 0.3 is 0 Å². The van der Waals surface area contributed by atoms with Crippen LogP contribution in [0.5, 0.6) is 0 Å². The van der Waals surface area contributed by atoms with Gasteiger partial charge < -0.3 is 0 Å². The van der Waals surface area contributed by atoms with Crippen LogP contribution in [-0.2, 0) is 15.6 Å². The van der Waals surface area contributed by atoms with Crippen molar-refractivity contribution in [3.05, 3.63) is 24.0 Å². The molecule has 0 aliphatic carbocycles. The SMILES string of the molecule is Cc1cncc(-c2nnc(S(=O)(=O)Cl)n2CC(C)C)c1. The van der Waals surface area contributed by atoms with E-state index in [1.54, 1.807) is 12.4 Å². The van der Waals surface area contributed by atoms with Crippen LogP contribution in [0.4, 0.5) is 0 Å². The predicted molar refractivity (Wildman–Crippen MR) is 75.9 cm³/mol. The summed E-state index contributed by atoms with van der Waals surface area (Å²) in [5, 5.41) is 7.44. The molecule has 0 fully saturated rings. The summed E-state index contributed by atoms with van der Waals surface area (Å²) in [6.45, 7) is 6.31. The molecule has 0 spiro atoms. The Morgan fingerprint density at radius 2 is 2.00 bits per heavy atom. The fourth-order valence-corrected chi connectivity index (χ4v) is 2.79. The average molecular weight is 315 g/mol. The first kappa shape index (κ1) is 14.9. The molecule has 0 unspecified atom stereocenters. The van der Waals surface area contributed by atoms with E-state index < -0.39 is 9.05 Å². The lowest BCUT2D eigenvalue weighted by Crippen LogP contribution is -2.12. The Labute approximate surface area is 122 Å². The Morgan fingerprint density at radius 3 is 2.55 bits per heavy atom. The van der Waals surface area contributed by atoms with Crippen molar-refractivity contribution in [1.29, 1.82) is 0 Å². The van der Waals surface area contributed by atoms with Crippen molar-refractivity contribution in [3.8, 4) is 11.4 Å². The second kappa shape index (κ2) is 5.49. The number of hydrogen-bond donors (Lipinski definition) is 0. The summed E-state index contributed by atoms with van der Waals surface area (Å²) in [6, 6.07) is 1.87. The highest BCUT2D eigenvalue weighted by atomic mass is 35.7. The van der Waals surface area contributed by atoms with Crippen LogP contribution in [0.1, 0.15) is 19.4 Å². The molecule has 8 heteroatoms. The fourth-order valence-electron chi connectivity index (χ4n) is 1.89. The van der Waals surface area contributed by atoms with Gasteiger partial charge in [0, 0.05) is 35.2 Å². The summed E-state index contributed by atoms with van der Waals surface area (Å²) >= 11 is 0. The van der Waals surface area contributed by atoms with Gasteiger partial charge in [0.25, 0.3) is 14.2 Å². The van der Waals surface area contributed by atoms with Gasteiger partial charge in [-0.15, -0.1) is 10.2 Å². The van der Waals surface area contributed by atoms with Crippen molar-refractivity contribution in [1.82, 2.24) is 19.7 Å². The fraction of sp³-hybridized carbons (Fsp3) is 0.417.